The summed E-state index contributed by atoms with van der Waals surface area (Å²) >= 11 is 0. The number of amides is 1. The molecule has 12 heavy (non-hydrogen) atoms. The molecule has 0 saturated heterocycles. The fraction of sp³-hybridized carbons (Fsp3) is 0.700. The fourth-order valence-electron chi connectivity index (χ4n) is 1.41. The molecule has 1 atom stereocenters. The second-order valence-electron chi connectivity index (χ2n) is 4.00. The van der Waals surface area contributed by atoms with Gasteiger partial charge in [-0.2, -0.15) is 0 Å². The molecule has 0 radical (unpaired) electrons. The van der Waals surface area contributed by atoms with Gasteiger partial charge in [0.15, 0.2) is 0 Å². The summed E-state index contributed by atoms with van der Waals surface area (Å²) < 4.78 is 0. The Hall–Kier alpha value is -0.790. The zero-order valence-electron chi connectivity index (χ0n) is 8.42. The van der Waals surface area contributed by atoms with Crippen molar-refractivity contribution in [2.24, 2.45) is 17.1 Å². The highest BCUT2D eigenvalue weighted by Gasteiger charge is 2.20. The van der Waals surface area contributed by atoms with Crippen molar-refractivity contribution >= 4 is 5.91 Å². The van der Waals surface area contributed by atoms with E-state index in [0.717, 1.165) is 6.42 Å². The predicted octanol–water partition coefficient (Wildman–Crippen LogP) is 2.10. The molecular formula is C10H19NO. The van der Waals surface area contributed by atoms with Crippen LogP contribution in [0.2, 0.25) is 0 Å². The molecule has 2 N–H and O–H groups in total. The highest BCUT2D eigenvalue weighted by molar-refractivity contribution is 5.76. The summed E-state index contributed by atoms with van der Waals surface area (Å²) in [6, 6.07) is 0. The van der Waals surface area contributed by atoms with E-state index in [0.29, 0.717) is 0 Å². The summed E-state index contributed by atoms with van der Waals surface area (Å²) in [6.45, 7) is 8.06. The first-order chi connectivity index (χ1) is 5.39. The summed E-state index contributed by atoms with van der Waals surface area (Å²) in [5, 5.41) is 0. The van der Waals surface area contributed by atoms with Crippen LogP contribution in [0.1, 0.15) is 34.1 Å². The summed E-state index contributed by atoms with van der Waals surface area (Å²) in [7, 11) is 0. The van der Waals surface area contributed by atoms with Gasteiger partial charge in [0, 0.05) is 5.92 Å². The van der Waals surface area contributed by atoms with Crippen molar-refractivity contribution in [3.8, 4) is 0 Å². The maximum Gasteiger partial charge on any atom is 0.220 e. The van der Waals surface area contributed by atoms with Crippen LogP contribution < -0.4 is 5.73 Å². The third-order valence-corrected chi connectivity index (χ3v) is 1.94. The number of carbonyl (C=O) groups excluding carboxylic acids is 1. The van der Waals surface area contributed by atoms with Crippen molar-refractivity contribution in [3.05, 3.63) is 12.2 Å². The van der Waals surface area contributed by atoms with Crippen LogP contribution in [0.4, 0.5) is 0 Å². The van der Waals surface area contributed by atoms with Gasteiger partial charge in [0.1, 0.15) is 0 Å². The molecular weight excluding hydrogens is 150 g/mol. The van der Waals surface area contributed by atoms with Gasteiger partial charge in [0.25, 0.3) is 0 Å². The number of primary amides is 1. The molecule has 2 nitrogen and oxygen atoms in total. The molecule has 70 valence electrons. The Kier molecular flexibility index (Phi) is 4.01. The predicted molar refractivity (Wildman–Crippen MR) is 51.6 cm³/mol. The van der Waals surface area contributed by atoms with Gasteiger partial charge in [-0.3, -0.25) is 4.79 Å². The lowest BCUT2D eigenvalue weighted by molar-refractivity contribution is -0.122. The van der Waals surface area contributed by atoms with Crippen molar-refractivity contribution in [1.82, 2.24) is 0 Å². The second-order valence-corrected chi connectivity index (χ2v) is 4.00. The monoisotopic (exact) mass is 169 g/mol. The lowest BCUT2D eigenvalue weighted by atomic mass is 9.83. The van der Waals surface area contributed by atoms with Gasteiger partial charge in [-0.05, 0) is 18.8 Å². The van der Waals surface area contributed by atoms with E-state index in [1.165, 1.54) is 0 Å². The van der Waals surface area contributed by atoms with Crippen LogP contribution in [0.15, 0.2) is 12.2 Å². The topological polar surface area (TPSA) is 43.1 Å². The van der Waals surface area contributed by atoms with Crippen molar-refractivity contribution < 1.29 is 4.79 Å². The van der Waals surface area contributed by atoms with Crippen LogP contribution in [0.3, 0.4) is 0 Å². The Morgan fingerprint density at radius 2 is 2.08 bits per heavy atom. The molecule has 0 aliphatic rings. The zero-order valence-corrected chi connectivity index (χ0v) is 8.42. The highest BCUT2D eigenvalue weighted by atomic mass is 16.1. The van der Waals surface area contributed by atoms with Gasteiger partial charge < -0.3 is 5.73 Å². The first kappa shape index (κ1) is 11.2. The Balaban J connectivity index is 4.14. The van der Waals surface area contributed by atoms with E-state index in [9.17, 15) is 4.79 Å². The van der Waals surface area contributed by atoms with Gasteiger partial charge in [-0.15, -0.1) is 0 Å². The Morgan fingerprint density at radius 1 is 1.58 bits per heavy atom. The molecule has 0 aromatic rings. The third-order valence-electron chi connectivity index (χ3n) is 1.94. The lowest BCUT2D eigenvalue weighted by Gasteiger charge is -2.22. The maximum absolute atomic E-state index is 10.8. The van der Waals surface area contributed by atoms with E-state index in [4.69, 9.17) is 5.73 Å². The molecule has 0 saturated carbocycles. The minimum absolute atomic E-state index is 0.0452. The SMILES string of the molecule is C/C=C/C(C)(C)CC(C)C(N)=O. The number of nitrogens with two attached hydrogens (primary N) is 1. The molecule has 0 fully saturated rings. The number of hydrogen-bond acceptors (Lipinski definition) is 1. The standard InChI is InChI=1S/C10H19NO/c1-5-6-10(3,4)7-8(2)9(11)12/h5-6,8H,7H2,1-4H3,(H2,11,12)/b6-5+. The van der Waals surface area contributed by atoms with Crippen molar-refractivity contribution in [2.75, 3.05) is 0 Å². The average Bonchev–Trinajstić information content (AvgIpc) is 1.85. The third kappa shape index (κ3) is 4.16. The van der Waals surface area contributed by atoms with E-state index in [1.54, 1.807) is 0 Å². The summed E-state index contributed by atoms with van der Waals surface area (Å²) in [5.41, 5.74) is 5.25. The highest BCUT2D eigenvalue weighted by Crippen LogP contribution is 2.26. The Bertz CT molecular complexity index is 182. The molecule has 0 spiro atoms. The Morgan fingerprint density at radius 3 is 2.42 bits per heavy atom. The molecule has 0 aromatic carbocycles. The molecule has 0 aromatic heterocycles. The first-order valence-electron chi connectivity index (χ1n) is 4.32. The molecule has 1 amide bonds. The minimum Gasteiger partial charge on any atom is -0.369 e. The van der Waals surface area contributed by atoms with Gasteiger partial charge in [-0.1, -0.05) is 32.9 Å². The molecule has 1 unspecified atom stereocenters. The van der Waals surface area contributed by atoms with Crippen LogP contribution >= 0.6 is 0 Å². The van der Waals surface area contributed by atoms with Crippen molar-refractivity contribution in [2.45, 2.75) is 34.1 Å². The summed E-state index contributed by atoms with van der Waals surface area (Å²) in [5.74, 6) is -0.260. The molecule has 0 aliphatic heterocycles. The van der Waals surface area contributed by atoms with E-state index in [-0.39, 0.29) is 17.2 Å². The second kappa shape index (κ2) is 4.29. The quantitative estimate of drug-likeness (QED) is 0.643. The zero-order chi connectivity index (χ0) is 9.78. The summed E-state index contributed by atoms with van der Waals surface area (Å²) in [6.07, 6.45) is 4.92. The number of carbonyl (C=O) groups is 1. The molecule has 0 rings (SSSR count). The molecule has 0 bridgehead atoms. The number of rotatable bonds is 4. The van der Waals surface area contributed by atoms with Crippen LogP contribution in [0.5, 0.6) is 0 Å². The van der Waals surface area contributed by atoms with Crippen LogP contribution in [0.25, 0.3) is 0 Å². The fourth-order valence-corrected chi connectivity index (χ4v) is 1.41. The summed E-state index contributed by atoms with van der Waals surface area (Å²) in [4.78, 5) is 10.8. The van der Waals surface area contributed by atoms with Gasteiger partial charge in [0.05, 0.1) is 0 Å². The molecule has 2 heteroatoms. The van der Waals surface area contributed by atoms with E-state index in [1.807, 2.05) is 19.9 Å². The van der Waals surface area contributed by atoms with E-state index >= 15 is 0 Å². The molecule has 0 heterocycles. The van der Waals surface area contributed by atoms with Crippen LogP contribution in [-0.4, -0.2) is 5.91 Å². The Labute approximate surface area is 74.8 Å². The van der Waals surface area contributed by atoms with E-state index in [2.05, 4.69) is 19.9 Å². The van der Waals surface area contributed by atoms with E-state index < -0.39 is 0 Å². The number of hydrogen-bond donors (Lipinski definition) is 1. The number of allylic oxidation sites excluding steroid dienone is 2. The van der Waals surface area contributed by atoms with Gasteiger partial charge >= 0.3 is 0 Å². The smallest absolute Gasteiger partial charge is 0.220 e. The minimum atomic E-state index is -0.215. The van der Waals surface area contributed by atoms with Crippen molar-refractivity contribution in [1.29, 1.82) is 0 Å². The van der Waals surface area contributed by atoms with Crippen molar-refractivity contribution in [3.63, 3.8) is 0 Å². The van der Waals surface area contributed by atoms with Crippen LogP contribution in [0, 0.1) is 11.3 Å². The van der Waals surface area contributed by atoms with Gasteiger partial charge in [0.2, 0.25) is 5.91 Å². The molecule has 0 aliphatic carbocycles. The maximum atomic E-state index is 10.8. The normalized spacial score (nSPS) is 15.0. The largest absolute Gasteiger partial charge is 0.369 e. The van der Waals surface area contributed by atoms with Gasteiger partial charge in [-0.25, -0.2) is 0 Å². The van der Waals surface area contributed by atoms with Crippen LogP contribution in [-0.2, 0) is 4.79 Å². The lowest BCUT2D eigenvalue weighted by Crippen LogP contribution is -2.25. The first-order valence-corrected chi connectivity index (χ1v) is 4.32. The average molecular weight is 169 g/mol.